The van der Waals surface area contributed by atoms with Crippen LogP contribution in [0.25, 0.3) is 6.08 Å². The quantitative estimate of drug-likeness (QED) is 0.422. The summed E-state index contributed by atoms with van der Waals surface area (Å²) in [6.07, 6.45) is 4.77. The van der Waals surface area contributed by atoms with Crippen LogP contribution in [0.5, 0.6) is 11.5 Å². The maximum atomic E-state index is 12.3. The molecule has 1 N–H and O–H groups in total. The molecule has 6 nitrogen and oxygen atoms in total. The van der Waals surface area contributed by atoms with Crippen molar-refractivity contribution in [1.29, 1.82) is 0 Å². The maximum absolute atomic E-state index is 12.3. The van der Waals surface area contributed by atoms with Crippen molar-refractivity contribution in [2.45, 2.75) is 0 Å². The largest absolute Gasteiger partial charge is 0.497 e. The third-order valence-corrected chi connectivity index (χ3v) is 4.37. The minimum Gasteiger partial charge on any atom is -0.497 e. The van der Waals surface area contributed by atoms with Crippen LogP contribution >= 0.6 is 11.6 Å². The van der Waals surface area contributed by atoms with Gasteiger partial charge >= 0.3 is 0 Å². The summed E-state index contributed by atoms with van der Waals surface area (Å²) in [5, 5.41) is 2.92. The second kappa shape index (κ2) is 10.2. The van der Waals surface area contributed by atoms with Crippen LogP contribution in [0.2, 0.25) is 5.02 Å². The number of rotatable bonds is 8. The molecule has 0 bridgehead atoms. The van der Waals surface area contributed by atoms with E-state index in [4.69, 9.17) is 21.1 Å². The number of anilines is 1. The van der Waals surface area contributed by atoms with Gasteiger partial charge in [0.15, 0.2) is 18.2 Å². The van der Waals surface area contributed by atoms with Crippen molar-refractivity contribution >= 4 is 35.2 Å². The molecule has 0 aliphatic carbocycles. The molecule has 0 saturated heterocycles. The van der Waals surface area contributed by atoms with E-state index in [0.29, 0.717) is 16.3 Å². The number of nitrogens with one attached hydrogen (secondary N) is 1. The Kier molecular flexibility index (Phi) is 7.19. The normalized spacial score (nSPS) is 10.6. The van der Waals surface area contributed by atoms with E-state index in [9.17, 15) is 9.59 Å². The average molecular weight is 423 g/mol. The van der Waals surface area contributed by atoms with Gasteiger partial charge in [-0.3, -0.25) is 9.59 Å². The Balaban J connectivity index is 1.52. The summed E-state index contributed by atoms with van der Waals surface area (Å²) in [7, 11) is 1.60. The molecular weight excluding hydrogens is 404 g/mol. The van der Waals surface area contributed by atoms with Crippen LogP contribution in [-0.2, 0) is 4.79 Å². The number of aromatic nitrogens is 1. The van der Waals surface area contributed by atoms with Gasteiger partial charge in [0, 0.05) is 11.8 Å². The Bertz CT molecular complexity index is 1050. The number of halogens is 1. The van der Waals surface area contributed by atoms with Gasteiger partial charge in [-0.05, 0) is 60.2 Å². The molecule has 30 heavy (non-hydrogen) atoms. The van der Waals surface area contributed by atoms with Crippen LogP contribution in [0.1, 0.15) is 15.9 Å². The zero-order chi connectivity index (χ0) is 21.3. The number of methoxy groups -OCH3 is 1. The van der Waals surface area contributed by atoms with Crippen molar-refractivity contribution in [3.63, 3.8) is 0 Å². The fourth-order valence-corrected chi connectivity index (χ4v) is 2.66. The SMILES string of the molecule is COc1ccc(/C=C/C(=O)c2ccc(OCC(=O)Nc3ncccc3Cl)cc2)cc1. The van der Waals surface area contributed by atoms with Gasteiger partial charge in [-0.2, -0.15) is 0 Å². The first-order valence-electron chi connectivity index (χ1n) is 9.05. The van der Waals surface area contributed by atoms with Crippen molar-refractivity contribution in [3.05, 3.63) is 89.1 Å². The average Bonchev–Trinajstić information content (AvgIpc) is 2.78. The summed E-state index contributed by atoms with van der Waals surface area (Å²) in [5.74, 6) is 0.967. The molecule has 1 aromatic heterocycles. The Labute approximate surface area is 179 Å². The van der Waals surface area contributed by atoms with E-state index in [1.54, 1.807) is 49.6 Å². The zero-order valence-corrected chi connectivity index (χ0v) is 16.9. The van der Waals surface area contributed by atoms with Crippen LogP contribution in [0.4, 0.5) is 5.82 Å². The Morgan fingerprint density at radius 1 is 1.03 bits per heavy atom. The smallest absolute Gasteiger partial charge is 0.263 e. The van der Waals surface area contributed by atoms with Gasteiger partial charge < -0.3 is 14.8 Å². The molecule has 0 unspecified atom stereocenters. The Hall–Kier alpha value is -3.64. The van der Waals surface area contributed by atoms with Crippen molar-refractivity contribution in [3.8, 4) is 11.5 Å². The van der Waals surface area contributed by atoms with Gasteiger partial charge in [0.05, 0.1) is 12.1 Å². The van der Waals surface area contributed by atoms with Crippen molar-refractivity contribution in [1.82, 2.24) is 4.98 Å². The summed E-state index contributed by atoms with van der Waals surface area (Å²) in [6, 6.07) is 17.2. The number of amides is 1. The van der Waals surface area contributed by atoms with E-state index in [1.165, 1.54) is 12.3 Å². The molecule has 0 aliphatic rings. The van der Waals surface area contributed by atoms with Crippen molar-refractivity contribution < 1.29 is 19.1 Å². The predicted molar refractivity (Wildman–Crippen MR) is 116 cm³/mol. The molecular formula is C23H19ClN2O4. The van der Waals surface area contributed by atoms with E-state index in [-0.39, 0.29) is 18.2 Å². The number of hydrogen-bond acceptors (Lipinski definition) is 5. The van der Waals surface area contributed by atoms with Gasteiger partial charge in [0.1, 0.15) is 11.5 Å². The van der Waals surface area contributed by atoms with Gasteiger partial charge in [-0.1, -0.05) is 29.8 Å². The Morgan fingerprint density at radius 3 is 2.40 bits per heavy atom. The molecule has 1 heterocycles. The molecule has 0 atom stereocenters. The lowest BCUT2D eigenvalue weighted by Crippen LogP contribution is -2.21. The van der Waals surface area contributed by atoms with Gasteiger partial charge in [-0.25, -0.2) is 4.98 Å². The van der Waals surface area contributed by atoms with Crippen molar-refractivity contribution in [2.24, 2.45) is 0 Å². The zero-order valence-electron chi connectivity index (χ0n) is 16.2. The molecule has 0 spiro atoms. The van der Waals surface area contributed by atoms with E-state index >= 15 is 0 Å². The van der Waals surface area contributed by atoms with Crippen LogP contribution < -0.4 is 14.8 Å². The maximum Gasteiger partial charge on any atom is 0.263 e. The van der Waals surface area contributed by atoms with E-state index in [1.807, 2.05) is 24.3 Å². The summed E-state index contributed by atoms with van der Waals surface area (Å²) >= 11 is 5.95. The number of ether oxygens (including phenoxy) is 2. The number of ketones is 1. The molecule has 3 rings (SSSR count). The monoisotopic (exact) mass is 422 g/mol. The molecule has 0 fully saturated rings. The first-order valence-corrected chi connectivity index (χ1v) is 9.42. The fourth-order valence-electron chi connectivity index (χ4n) is 2.49. The summed E-state index contributed by atoms with van der Waals surface area (Å²) in [5.41, 5.74) is 1.40. The number of carbonyl (C=O) groups is 2. The third-order valence-electron chi connectivity index (χ3n) is 4.07. The van der Waals surface area contributed by atoms with Crippen LogP contribution in [0.3, 0.4) is 0 Å². The summed E-state index contributed by atoms with van der Waals surface area (Å²) in [4.78, 5) is 28.3. The Morgan fingerprint density at radius 2 is 1.73 bits per heavy atom. The number of allylic oxidation sites excluding steroid dienone is 1. The first kappa shape index (κ1) is 21.1. The minimum absolute atomic E-state index is 0.139. The standard InChI is InChI=1S/C23H19ClN2O4/c1-29-18-9-4-16(5-10-18)6-13-21(27)17-7-11-19(12-8-17)30-15-22(28)26-23-20(24)3-2-14-25-23/h2-14H,15H2,1H3,(H,25,26,28)/b13-6+. The molecule has 0 saturated carbocycles. The summed E-state index contributed by atoms with van der Waals surface area (Å²) < 4.78 is 10.5. The number of nitrogens with zero attached hydrogens (tertiary/aromatic N) is 1. The van der Waals surface area contributed by atoms with Crippen LogP contribution in [0.15, 0.2) is 72.9 Å². The molecule has 2 aromatic carbocycles. The van der Waals surface area contributed by atoms with Gasteiger partial charge in [-0.15, -0.1) is 0 Å². The summed E-state index contributed by atoms with van der Waals surface area (Å²) in [6.45, 7) is -0.211. The molecule has 0 aliphatic heterocycles. The fraction of sp³-hybridized carbons (Fsp3) is 0.0870. The lowest BCUT2D eigenvalue weighted by atomic mass is 10.1. The molecule has 3 aromatic rings. The lowest BCUT2D eigenvalue weighted by molar-refractivity contribution is -0.118. The van der Waals surface area contributed by atoms with Crippen molar-refractivity contribution in [2.75, 3.05) is 19.0 Å². The van der Waals surface area contributed by atoms with Crippen LogP contribution in [-0.4, -0.2) is 30.4 Å². The van der Waals surface area contributed by atoms with Crippen LogP contribution in [0, 0.1) is 0 Å². The van der Waals surface area contributed by atoms with E-state index < -0.39 is 5.91 Å². The van der Waals surface area contributed by atoms with Gasteiger partial charge in [0.25, 0.3) is 5.91 Å². The topological polar surface area (TPSA) is 77.5 Å². The first-order chi connectivity index (χ1) is 14.5. The number of benzene rings is 2. The second-order valence-corrected chi connectivity index (χ2v) is 6.57. The highest BCUT2D eigenvalue weighted by Crippen LogP contribution is 2.18. The van der Waals surface area contributed by atoms with E-state index in [2.05, 4.69) is 10.3 Å². The number of pyridine rings is 1. The second-order valence-electron chi connectivity index (χ2n) is 6.17. The predicted octanol–water partition coefficient (Wildman–Crippen LogP) is 4.66. The lowest BCUT2D eigenvalue weighted by Gasteiger charge is -2.08. The number of hydrogen-bond donors (Lipinski definition) is 1. The van der Waals surface area contributed by atoms with Gasteiger partial charge in [0.2, 0.25) is 0 Å². The third kappa shape index (κ3) is 5.93. The highest BCUT2D eigenvalue weighted by molar-refractivity contribution is 6.33. The number of carbonyl (C=O) groups excluding carboxylic acids is 2. The molecule has 7 heteroatoms. The molecule has 0 radical (unpaired) electrons. The highest BCUT2D eigenvalue weighted by atomic mass is 35.5. The van der Waals surface area contributed by atoms with E-state index in [0.717, 1.165) is 11.3 Å². The minimum atomic E-state index is -0.391. The molecule has 1 amide bonds. The highest BCUT2D eigenvalue weighted by Gasteiger charge is 2.08. The molecule has 152 valence electrons.